The van der Waals surface area contributed by atoms with Crippen molar-refractivity contribution in [1.29, 1.82) is 0 Å². The summed E-state index contributed by atoms with van der Waals surface area (Å²) in [7, 11) is 1.66. The second kappa shape index (κ2) is 7.77. The third kappa shape index (κ3) is 4.23. The Hall–Kier alpha value is -1.58. The predicted octanol–water partition coefficient (Wildman–Crippen LogP) is 4.17. The molecule has 0 saturated heterocycles. The normalized spacial score (nSPS) is 8.95. The molecule has 5 heteroatoms. The van der Waals surface area contributed by atoms with Crippen LogP contribution >= 0.6 is 24.8 Å². The number of benzene rings is 2. The van der Waals surface area contributed by atoms with Gasteiger partial charge in [0.25, 0.3) is 0 Å². The first-order valence-corrected chi connectivity index (χ1v) is 5.47. The van der Waals surface area contributed by atoms with Gasteiger partial charge in [-0.2, -0.15) is 0 Å². The molecule has 2 aromatic carbocycles. The lowest BCUT2D eigenvalue weighted by atomic mass is 10.1. The maximum atomic E-state index is 5.89. The highest BCUT2D eigenvalue weighted by Gasteiger charge is 2.02. The van der Waals surface area contributed by atoms with Crippen LogP contribution in [0.2, 0.25) is 0 Å². The molecular weight excluding hydrogens is 283 g/mol. The van der Waals surface area contributed by atoms with Gasteiger partial charge >= 0.3 is 0 Å². The van der Waals surface area contributed by atoms with Crippen LogP contribution in [-0.2, 0) is 0 Å². The molecule has 0 aliphatic rings. The zero-order valence-electron chi connectivity index (χ0n) is 10.8. The number of aryl methyl sites for hydroxylation is 1. The molecule has 19 heavy (non-hydrogen) atoms. The monoisotopic (exact) mass is 300 g/mol. The van der Waals surface area contributed by atoms with Crippen molar-refractivity contribution in [2.45, 2.75) is 6.92 Å². The van der Waals surface area contributed by atoms with Gasteiger partial charge in [0.2, 0.25) is 0 Å². The van der Waals surface area contributed by atoms with Crippen molar-refractivity contribution >= 4 is 41.9 Å². The summed E-state index contributed by atoms with van der Waals surface area (Å²) < 4.78 is 5.17. The van der Waals surface area contributed by atoms with E-state index in [0.29, 0.717) is 0 Å². The third-order valence-corrected chi connectivity index (χ3v) is 2.66. The summed E-state index contributed by atoms with van der Waals surface area (Å²) in [5.74, 6) is 0.856. The van der Waals surface area contributed by atoms with E-state index in [0.717, 1.165) is 28.4 Å². The lowest BCUT2D eigenvalue weighted by molar-refractivity contribution is 0.414. The molecule has 0 aliphatic heterocycles. The van der Waals surface area contributed by atoms with Crippen molar-refractivity contribution in [3.8, 4) is 5.75 Å². The first-order chi connectivity index (χ1) is 8.20. The number of rotatable bonds is 3. The fraction of sp³-hybridized carbons (Fsp3) is 0.143. The lowest BCUT2D eigenvalue weighted by Crippen LogP contribution is -1.97. The number of hydrogen-bond donors (Lipinski definition) is 2. The zero-order valence-corrected chi connectivity index (χ0v) is 12.5. The Bertz CT molecular complexity index is 533. The maximum Gasteiger partial charge on any atom is 0.119 e. The van der Waals surface area contributed by atoms with E-state index in [1.165, 1.54) is 0 Å². The standard InChI is InChI=1S/C14H16N2O.2ClH/c1-10-9-11(17-2)7-8-13(10)16-14-6-4-3-5-12(14)15;;/h3-9,16H,15H2,1-2H3;2*1H. The highest BCUT2D eigenvalue weighted by atomic mass is 35.5. The Balaban J connectivity index is 0.00000162. The first kappa shape index (κ1) is 17.4. The lowest BCUT2D eigenvalue weighted by Gasteiger charge is -2.12. The minimum atomic E-state index is 0. The van der Waals surface area contributed by atoms with Gasteiger partial charge in [0.15, 0.2) is 0 Å². The molecule has 0 radical (unpaired) electrons. The van der Waals surface area contributed by atoms with Crippen LogP contribution in [0.3, 0.4) is 0 Å². The van der Waals surface area contributed by atoms with Gasteiger partial charge in [-0.1, -0.05) is 12.1 Å². The fourth-order valence-electron chi connectivity index (χ4n) is 1.66. The number of methoxy groups -OCH3 is 1. The Labute approximate surface area is 126 Å². The number of halogens is 2. The Morgan fingerprint density at radius 3 is 2.26 bits per heavy atom. The molecule has 2 rings (SSSR count). The number of para-hydroxylation sites is 2. The highest BCUT2D eigenvalue weighted by Crippen LogP contribution is 2.27. The molecule has 104 valence electrons. The second-order valence-electron chi connectivity index (χ2n) is 3.89. The molecule has 0 aliphatic carbocycles. The summed E-state index contributed by atoms with van der Waals surface area (Å²) in [5.41, 5.74) is 9.69. The van der Waals surface area contributed by atoms with E-state index in [4.69, 9.17) is 10.5 Å². The highest BCUT2D eigenvalue weighted by molar-refractivity contribution is 5.85. The number of nitrogens with two attached hydrogens (primary N) is 1. The summed E-state index contributed by atoms with van der Waals surface area (Å²) in [4.78, 5) is 0. The van der Waals surface area contributed by atoms with Gasteiger partial charge in [0, 0.05) is 5.69 Å². The van der Waals surface area contributed by atoms with Gasteiger partial charge in [0.1, 0.15) is 5.75 Å². The zero-order chi connectivity index (χ0) is 12.3. The molecule has 0 bridgehead atoms. The second-order valence-corrected chi connectivity index (χ2v) is 3.89. The van der Waals surface area contributed by atoms with E-state index in [2.05, 4.69) is 5.32 Å². The molecule has 0 aromatic heterocycles. The largest absolute Gasteiger partial charge is 0.497 e. The van der Waals surface area contributed by atoms with Crippen LogP contribution in [0.15, 0.2) is 42.5 Å². The SMILES string of the molecule is COc1ccc(Nc2ccccc2N)c(C)c1.Cl.Cl. The summed E-state index contributed by atoms with van der Waals surface area (Å²) in [6.07, 6.45) is 0. The van der Waals surface area contributed by atoms with Crippen LogP contribution < -0.4 is 15.8 Å². The van der Waals surface area contributed by atoms with Crippen molar-refractivity contribution in [2.75, 3.05) is 18.2 Å². The van der Waals surface area contributed by atoms with Crippen molar-refractivity contribution < 1.29 is 4.74 Å². The number of anilines is 3. The van der Waals surface area contributed by atoms with E-state index in [9.17, 15) is 0 Å². The average Bonchev–Trinajstić information content (AvgIpc) is 2.34. The molecule has 0 saturated carbocycles. The molecule has 0 heterocycles. The van der Waals surface area contributed by atoms with Crippen LogP contribution in [0.25, 0.3) is 0 Å². The number of ether oxygens (including phenoxy) is 1. The number of hydrogen-bond acceptors (Lipinski definition) is 3. The number of nitrogen functional groups attached to an aromatic ring is 1. The fourth-order valence-corrected chi connectivity index (χ4v) is 1.66. The van der Waals surface area contributed by atoms with Crippen LogP contribution in [-0.4, -0.2) is 7.11 Å². The predicted molar refractivity (Wildman–Crippen MR) is 86.4 cm³/mol. The minimum absolute atomic E-state index is 0. The minimum Gasteiger partial charge on any atom is -0.497 e. The molecule has 0 amide bonds. The Kier molecular flexibility index (Phi) is 7.12. The molecular formula is C14H18Cl2N2O. The van der Waals surface area contributed by atoms with E-state index >= 15 is 0 Å². The molecule has 0 unspecified atom stereocenters. The summed E-state index contributed by atoms with van der Waals surface area (Å²) in [6, 6.07) is 13.6. The molecule has 3 nitrogen and oxygen atoms in total. The Morgan fingerprint density at radius 1 is 1.00 bits per heavy atom. The van der Waals surface area contributed by atoms with Gasteiger partial charge in [0.05, 0.1) is 18.5 Å². The van der Waals surface area contributed by atoms with Crippen LogP contribution in [0.5, 0.6) is 5.75 Å². The Morgan fingerprint density at radius 2 is 1.68 bits per heavy atom. The van der Waals surface area contributed by atoms with Gasteiger partial charge in [-0.05, 0) is 42.8 Å². The van der Waals surface area contributed by atoms with Crippen LogP contribution in [0.1, 0.15) is 5.56 Å². The van der Waals surface area contributed by atoms with E-state index in [1.807, 2.05) is 49.4 Å². The molecule has 0 fully saturated rings. The summed E-state index contributed by atoms with van der Waals surface area (Å²) >= 11 is 0. The van der Waals surface area contributed by atoms with Crippen molar-refractivity contribution in [3.05, 3.63) is 48.0 Å². The van der Waals surface area contributed by atoms with E-state index in [-0.39, 0.29) is 24.8 Å². The number of nitrogens with one attached hydrogen (secondary N) is 1. The molecule has 2 aromatic rings. The third-order valence-electron chi connectivity index (χ3n) is 2.66. The van der Waals surface area contributed by atoms with E-state index < -0.39 is 0 Å². The van der Waals surface area contributed by atoms with Crippen LogP contribution in [0, 0.1) is 6.92 Å². The van der Waals surface area contributed by atoms with Gasteiger partial charge in [-0.15, -0.1) is 24.8 Å². The summed E-state index contributed by atoms with van der Waals surface area (Å²) in [6.45, 7) is 2.03. The van der Waals surface area contributed by atoms with Crippen molar-refractivity contribution in [1.82, 2.24) is 0 Å². The van der Waals surface area contributed by atoms with Crippen molar-refractivity contribution in [2.24, 2.45) is 0 Å². The van der Waals surface area contributed by atoms with Gasteiger partial charge in [-0.25, -0.2) is 0 Å². The van der Waals surface area contributed by atoms with Crippen LogP contribution in [0.4, 0.5) is 17.1 Å². The van der Waals surface area contributed by atoms with E-state index in [1.54, 1.807) is 7.11 Å². The molecule has 0 atom stereocenters. The molecule has 3 N–H and O–H groups in total. The molecule has 0 spiro atoms. The van der Waals surface area contributed by atoms with Crippen molar-refractivity contribution in [3.63, 3.8) is 0 Å². The van der Waals surface area contributed by atoms with Gasteiger partial charge in [-0.3, -0.25) is 0 Å². The topological polar surface area (TPSA) is 47.3 Å². The maximum absolute atomic E-state index is 5.89. The summed E-state index contributed by atoms with van der Waals surface area (Å²) in [5, 5.41) is 3.31. The smallest absolute Gasteiger partial charge is 0.119 e. The quantitative estimate of drug-likeness (QED) is 0.836. The van der Waals surface area contributed by atoms with Gasteiger partial charge < -0.3 is 15.8 Å². The first-order valence-electron chi connectivity index (χ1n) is 5.47. The average molecular weight is 301 g/mol.